The lowest BCUT2D eigenvalue weighted by molar-refractivity contribution is 0.507. The van der Waals surface area contributed by atoms with E-state index in [-0.39, 0.29) is 22.4 Å². The van der Waals surface area contributed by atoms with Gasteiger partial charge in [0.2, 0.25) is 0 Å². The molecule has 1 atom stereocenters. The zero-order valence-electron chi connectivity index (χ0n) is 17.2. The molecule has 0 fully saturated rings. The van der Waals surface area contributed by atoms with Crippen molar-refractivity contribution in [2.24, 2.45) is 0 Å². The number of rotatable bonds is 5. The van der Waals surface area contributed by atoms with Crippen molar-refractivity contribution in [3.63, 3.8) is 0 Å². The molecule has 11 heteroatoms. The van der Waals surface area contributed by atoms with Crippen LogP contribution in [0.2, 0.25) is 0 Å². The third-order valence-corrected chi connectivity index (χ3v) is 5.27. The SMILES string of the molecule is CC[C@H](Nc1ncnc2nc[nH]c12)c1nc2ccc(F)cc2c(=O)n1-c1ccc(F)c(F)c1. The van der Waals surface area contributed by atoms with Crippen LogP contribution in [-0.4, -0.2) is 29.5 Å². The fourth-order valence-corrected chi connectivity index (χ4v) is 3.67. The van der Waals surface area contributed by atoms with Gasteiger partial charge in [-0.1, -0.05) is 6.92 Å². The number of benzene rings is 2. The number of imidazole rings is 1. The number of nitrogens with zero attached hydrogens (tertiary/aromatic N) is 5. The first-order valence-corrected chi connectivity index (χ1v) is 10.0. The Morgan fingerprint density at radius 2 is 1.91 bits per heavy atom. The van der Waals surface area contributed by atoms with E-state index in [1.165, 1.54) is 30.9 Å². The second kappa shape index (κ2) is 8.01. The van der Waals surface area contributed by atoms with Crippen LogP contribution in [0.5, 0.6) is 0 Å². The number of nitrogens with one attached hydrogen (secondary N) is 2. The van der Waals surface area contributed by atoms with Crippen molar-refractivity contribution in [2.45, 2.75) is 19.4 Å². The molecule has 0 aliphatic rings. The molecule has 3 heterocycles. The smallest absolute Gasteiger partial charge is 0.266 e. The van der Waals surface area contributed by atoms with Crippen LogP contribution >= 0.6 is 0 Å². The fourth-order valence-electron chi connectivity index (χ4n) is 3.67. The van der Waals surface area contributed by atoms with E-state index in [0.717, 1.165) is 22.8 Å². The molecule has 33 heavy (non-hydrogen) atoms. The molecular formula is C22H16F3N7O. The Bertz CT molecular complexity index is 1560. The van der Waals surface area contributed by atoms with E-state index < -0.39 is 29.1 Å². The van der Waals surface area contributed by atoms with Crippen molar-refractivity contribution >= 4 is 27.9 Å². The quantitative estimate of drug-likeness (QED) is 0.418. The molecule has 2 aromatic carbocycles. The third kappa shape index (κ3) is 3.56. The number of hydrogen-bond acceptors (Lipinski definition) is 6. The van der Waals surface area contributed by atoms with E-state index in [1.54, 1.807) is 0 Å². The van der Waals surface area contributed by atoms with Crippen molar-refractivity contribution in [1.29, 1.82) is 0 Å². The van der Waals surface area contributed by atoms with Gasteiger partial charge in [0.1, 0.15) is 23.5 Å². The van der Waals surface area contributed by atoms with Crippen LogP contribution in [0.25, 0.3) is 27.8 Å². The van der Waals surface area contributed by atoms with Crippen LogP contribution in [0.1, 0.15) is 25.2 Å². The van der Waals surface area contributed by atoms with Gasteiger partial charge in [0.25, 0.3) is 5.56 Å². The predicted octanol–water partition coefficient (Wildman–Crippen LogP) is 4.03. The highest BCUT2D eigenvalue weighted by molar-refractivity contribution is 5.82. The van der Waals surface area contributed by atoms with Crippen LogP contribution in [0, 0.1) is 17.5 Å². The molecule has 0 radical (unpaired) electrons. The summed E-state index contributed by atoms with van der Waals surface area (Å²) in [5.74, 6) is -2.14. The number of fused-ring (bicyclic) bond motifs is 2. The second-order valence-electron chi connectivity index (χ2n) is 7.30. The first-order chi connectivity index (χ1) is 16.0. The van der Waals surface area contributed by atoms with Crippen molar-refractivity contribution in [2.75, 3.05) is 5.32 Å². The fraction of sp³-hybridized carbons (Fsp3) is 0.136. The summed E-state index contributed by atoms with van der Waals surface area (Å²) in [7, 11) is 0. The van der Waals surface area contributed by atoms with Crippen LogP contribution in [0.15, 0.2) is 53.8 Å². The van der Waals surface area contributed by atoms with Crippen molar-refractivity contribution in [1.82, 2.24) is 29.5 Å². The van der Waals surface area contributed by atoms with Gasteiger partial charge in [-0.3, -0.25) is 9.36 Å². The van der Waals surface area contributed by atoms with Gasteiger partial charge in [-0.25, -0.2) is 33.1 Å². The molecule has 0 aliphatic carbocycles. The molecular weight excluding hydrogens is 435 g/mol. The van der Waals surface area contributed by atoms with Crippen molar-refractivity contribution in [3.8, 4) is 5.69 Å². The number of aromatic nitrogens is 6. The zero-order valence-corrected chi connectivity index (χ0v) is 17.2. The summed E-state index contributed by atoms with van der Waals surface area (Å²) in [6.45, 7) is 1.86. The molecule has 0 unspecified atom stereocenters. The predicted molar refractivity (Wildman–Crippen MR) is 116 cm³/mol. The summed E-state index contributed by atoms with van der Waals surface area (Å²) >= 11 is 0. The van der Waals surface area contributed by atoms with Gasteiger partial charge in [-0.15, -0.1) is 0 Å². The maximum absolute atomic E-state index is 14.1. The van der Waals surface area contributed by atoms with E-state index in [4.69, 9.17) is 0 Å². The molecule has 0 saturated heterocycles. The van der Waals surface area contributed by atoms with Crippen molar-refractivity contribution < 1.29 is 13.2 Å². The average molecular weight is 451 g/mol. The van der Waals surface area contributed by atoms with E-state index >= 15 is 0 Å². The highest BCUT2D eigenvalue weighted by Crippen LogP contribution is 2.26. The maximum Gasteiger partial charge on any atom is 0.266 e. The van der Waals surface area contributed by atoms with Gasteiger partial charge in [-0.05, 0) is 36.8 Å². The Kier molecular flexibility index (Phi) is 5.00. The molecule has 0 spiro atoms. The highest BCUT2D eigenvalue weighted by atomic mass is 19.2. The lowest BCUT2D eigenvalue weighted by Crippen LogP contribution is -2.28. The van der Waals surface area contributed by atoms with E-state index in [1.807, 2.05) is 6.92 Å². The molecule has 5 aromatic rings. The molecule has 0 amide bonds. The van der Waals surface area contributed by atoms with Crippen molar-refractivity contribution in [3.05, 3.63) is 82.7 Å². The Labute approximate surface area is 184 Å². The standard InChI is InChI=1S/C22H16F3N7O/c1-2-16(30-20-18-19(27-9-26-18)28-10-29-20)21-31-17-6-3-11(23)7-13(17)22(33)32(21)12-4-5-14(24)15(25)8-12/h3-10,16H,2H2,1H3,(H2,26,27,28,29,30)/t16-/m0/s1. The number of aromatic amines is 1. The molecule has 0 bridgehead atoms. The molecule has 166 valence electrons. The Morgan fingerprint density at radius 3 is 2.70 bits per heavy atom. The first-order valence-electron chi connectivity index (χ1n) is 10.0. The molecule has 0 saturated carbocycles. The van der Waals surface area contributed by atoms with Gasteiger partial charge in [0.05, 0.1) is 29.0 Å². The molecule has 8 nitrogen and oxygen atoms in total. The van der Waals surface area contributed by atoms with Gasteiger partial charge in [0.15, 0.2) is 23.1 Å². The summed E-state index contributed by atoms with van der Waals surface area (Å²) in [5.41, 5.74) is 0.713. The van der Waals surface area contributed by atoms with E-state index in [2.05, 4.69) is 30.2 Å². The minimum Gasteiger partial charge on any atom is -0.358 e. The molecule has 2 N–H and O–H groups in total. The lowest BCUT2D eigenvalue weighted by atomic mass is 10.1. The minimum atomic E-state index is -1.12. The second-order valence-corrected chi connectivity index (χ2v) is 7.30. The number of anilines is 1. The Hall–Kier alpha value is -4.28. The summed E-state index contributed by atoms with van der Waals surface area (Å²) < 4.78 is 42.7. The summed E-state index contributed by atoms with van der Waals surface area (Å²) in [6.07, 6.45) is 3.27. The number of halogens is 3. The molecule has 0 aliphatic heterocycles. The van der Waals surface area contributed by atoms with Gasteiger partial charge in [0, 0.05) is 6.07 Å². The van der Waals surface area contributed by atoms with Gasteiger partial charge in [-0.2, -0.15) is 0 Å². The van der Waals surface area contributed by atoms with Crippen LogP contribution in [0.3, 0.4) is 0 Å². The third-order valence-electron chi connectivity index (χ3n) is 5.27. The lowest BCUT2D eigenvalue weighted by Gasteiger charge is -2.22. The van der Waals surface area contributed by atoms with Gasteiger partial charge >= 0.3 is 0 Å². The van der Waals surface area contributed by atoms with Gasteiger partial charge < -0.3 is 10.3 Å². The highest BCUT2D eigenvalue weighted by Gasteiger charge is 2.22. The minimum absolute atomic E-state index is 0.0105. The van der Waals surface area contributed by atoms with Crippen LogP contribution < -0.4 is 10.9 Å². The van der Waals surface area contributed by atoms with E-state index in [0.29, 0.717) is 23.4 Å². The van der Waals surface area contributed by atoms with E-state index in [9.17, 15) is 18.0 Å². The molecule has 3 aromatic heterocycles. The topological polar surface area (TPSA) is 101 Å². The normalized spacial score (nSPS) is 12.4. The summed E-state index contributed by atoms with van der Waals surface area (Å²) in [4.78, 5) is 33.4. The maximum atomic E-state index is 14.1. The largest absolute Gasteiger partial charge is 0.358 e. The van der Waals surface area contributed by atoms with Crippen LogP contribution in [0.4, 0.5) is 19.0 Å². The zero-order chi connectivity index (χ0) is 23.1. The number of H-pyrrole nitrogens is 1. The summed E-state index contributed by atoms with van der Waals surface area (Å²) in [5, 5.41) is 3.24. The Balaban J connectivity index is 1.74. The molecule has 5 rings (SSSR count). The summed E-state index contributed by atoms with van der Waals surface area (Å²) in [6, 6.07) is 6.17. The number of hydrogen-bond donors (Lipinski definition) is 2. The Morgan fingerprint density at radius 1 is 1.06 bits per heavy atom. The monoisotopic (exact) mass is 451 g/mol. The average Bonchev–Trinajstić information content (AvgIpc) is 3.29. The first kappa shape index (κ1) is 20.6. The van der Waals surface area contributed by atoms with Crippen LogP contribution in [-0.2, 0) is 0 Å².